The molecule has 28 heavy (non-hydrogen) atoms. The zero-order valence-corrected chi connectivity index (χ0v) is 17.5. The van der Waals surface area contributed by atoms with E-state index in [0.29, 0.717) is 5.75 Å². The summed E-state index contributed by atoms with van der Waals surface area (Å²) in [6, 6.07) is 17.3. The minimum absolute atomic E-state index is 0.348. The molecule has 2 aliphatic rings. The maximum Gasteiger partial charge on any atom is 0.116 e. The lowest BCUT2D eigenvalue weighted by molar-refractivity contribution is 0.148. The molecule has 0 bridgehead atoms. The lowest BCUT2D eigenvalue weighted by Gasteiger charge is -2.42. The number of piperazine rings is 1. The fraction of sp³-hybridized carbons (Fsp3) is 0.500. The van der Waals surface area contributed by atoms with Crippen molar-refractivity contribution in [1.82, 2.24) is 4.90 Å². The lowest BCUT2D eigenvalue weighted by atomic mass is 9.93. The maximum atomic E-state index is 9.64. The lowest BCUT2D eigenvalue weighted by Crippen LogP contribution is -2.51. The van der Waals surface area contributed by atoms with Crippen molar-refractivity contribution in [2.75, 3.05) is 36.8 Å². The van der Waals surface area contributed by atoms with Gasteiger partial charge in [-0.25, -0.2) is 0 Å². The molecule has 2 aromatic carbocycles. The van der Waals surface area contributed by atoms with Gasteiger partial charge in [-0.1, -0.05) is 43.5 Å². The molecule has 1 heterocycles. The number of para-hydroxylation sites is 1. The van der Waals surface area contributed by atoms with Crippen molar-refractivity contribution in [2.45, 2.75) is 49.5 Å². The van der Waals surface area contributed by atoms with Gasteiger partial charge in [0.2, 0.25) is 0 Å². The van der Waals surface area contributed by atoms with E-state index in [1.54, 1.807) is 6.07 Å². The minimum Gasteiger partial charge on any atom is -0.508 e. The predicted octanol–water partition coefficient (Wildman–Crippen LogP) is 5.18. The Morgan fingerprint density at radius 1 is 0.893 bits per heavy atom. The average molecular weight is 397 g/mol. The minimum atomic E-state index is 0.348. The molecule has 150 valence electrons. The second-order valence-electron chi connectivity index (χ2n) is 8.04. The molecule has 1 N–H and O–H groups in total. The van der Waals surface area contributed by atoms with E-state index in [2.05, 4.69) is 40.1 Å². The van der Waals surface area contributed by atoms with Crippen LogP contribution in [0, 0.1) is 0 Å². The Kier molecular flexibility index (Phi) is 6.81. The van der Waals surface area contributed by atoms with Crippen LogP contribution in [0.3, 0.4) is 0 Å². The van der Waals surface area contributed by atoms with Crippen LogP contribution in [0.5, 0.6) is 5.75 Å². The number of benzene rings is 2. The zero-order chi connectivity index (χ0) is 19.2. The summed E-state index contributed by atoms with van der Waals surface area (Å²) in [5, 5.41) is 9.64. The van der Waals surface area contributed by atoms with Gasteiger partial charge >= 0.3 is 0 Å². The van der Waals surface area contributed by atoms with Crippen LogP contribution in [0.4, 0.5) is 5.69 Å². The first-order valence-corrected chi connectivity index (χ1v) is 11.8. The molecule has 0 atom stereocenters. The smallest absolute Gasteiger partial charge is 0.116 e. The topological polar surface area (TPSA) is 26.7 Å². The van der Waals surface area contributed by atoms with Gasteiger partial charge in [0.1, 0.15) is 5.75 Å². The van der Waals surface area contributed by atoms with E-state index < -0.39 is 0 Å². The third-order valence-corrected chi connectivity index (χ3v) is 7.19. The molecule has 0 radical (unpaired) electrons. The summed E-state index contributed by atoms with van der Waals surface area (Å²) in [6.07, 6.45) is 8.14. The van der Waals surface area contributed by atoms with Crippen molar-refractivity contribution >= 4 is 17.4 Å². The van der Waals surface area contributed by atoms with Crippen LogP contribution in [0.1, 0.15) is 37.7 Å². The van der Waals surface area contributed by atoms with Crippen LogP contribution in [0.15, 0.2) is 53.4 Å². The Morgan fingerprint density at radius 3 is 2.46 bits per heavy atom. The Hall–Kier alpha value is -1.65. The normalized spacial score (nSPS) is 19.1. The Balaban J connectivity index is 1.33. The predicted molar refractivity (Wildman–Crippen MR) is 120 cm³/mol. The number of nitrogens with zero attached hydrogens (tertiary/aromatic N) is 2. The van der Waals surface area contributed by atoms with Crippen molar-refractivity contribution in [3.63, 3.8) is 0 Å². The van der Waals surface area contributed by atoms with Gasteiger partial charge in [0.15, 0.2) is 0 Å². The number of phenols is 1. The quantitative estimate of drug-likeness (QED) is 0.681. The van der Waals surface area contributed by atoms with Gasteiger partial charge in [-0.2, -0.15) is 0 Å². The molecular weight excluding hydrogens is 364 g/mol. The van der Waals surface area contributed by atoms with Crippen molar-refractivity contribution in [2.24, 2.45) is 0 Å². The average Bonchev–Trinajstić information content (AvgIpc) is 2.75. The number of phenolic OH excluding ortho intramolecular Hbond substituents is 1. The van der Waals surface area contributed by atoms with Crippen LogP contribution in [0.2, 0.25) is 0 Å². The van der Waals surface area contributed by atoms with Crippen molar-refractivity contribution < 1.29 is 5.11 Å². The molecular formula is C24H32N2OS. The standard InChI is InChI=1S/C24H32N2OS/c27-22-10-6-11-23(19-22)28-18-13-20-7-4-5-12-24(20)26-16-14-25(15-17-26)21-8-2-1-3-9-21/h4-7,10-12,19,21,27H,1-3,8-9,13-18H2. The molecule has 3 nitrogen and oxygen atoms in total. The highest BCUT2D eigenvalue weighted by Crippen LogP contribution is 2.28. The van der Waals surface area contributed by atoms with E-state index in [9.17, 15) is 5.11 Å². The molecule has 4 rings (SSSR count). The van der Waals surface area contributed by atoms with E-state index >= 15 is 0 Å². The van der Waals surface area contributed by atoms with E-state index in [1.165, 1.54) is 56.4 Å². The number of aryl methyl sites for hydroxylation is 1. The fourth-order valence-corrected chi connectivity index (χ4v) is 5.59. The molecule has 0 aromatic heterocycles. The Bertz CT molecular complexity index is 752. The molecule has 2 fully saturated rings. The fourth-order valence-electron chi connectivity index (χ4n) is 4.66. The Morgan fingerprint density at radius 2 is 1.68 bits per heavy atom. The van der Waals surface area contributed by atoms with Gasteiger partial charge in [-0.3, -0.25) is 4.90 Å². The summed E-state index contributed by atoms with van der Waals surface area (Å²) >= 11 is 1.82. The van der Waals surface area contributed by atoms with Crippen LogP contribution in [-0.2, 0) is 6.42 Å². The first-order chi connectivity index (χ1) is 13.8. The number of hydrogen-bond donors (Lipinski definition) is 1. The van der Waals surface area contributed by atoms with Crippen LogP contribution < -0.4 is 4.90 Å². The number of aromatic hydroxyl groups is 1. The second-order valence-corrected chi connectivity index (χ2v) is 9.21. The van der Waals surface area contributed by atoms with E-state index in [0.717, 1.165) is 36.2 Å². The largest absolute Gasteiger partial charge is 0.508 e. The van der Waals surface area contributed by atoms with Gasteiger partial charge in [-0.05, 0) is 49.1 Å². The molecule has 1 saturated heterocycles. The summed E-state index contributed by atoms with van der Waals surface area (Å²) in [7, 11) is 0. The summed E-state index contributed by atoms with van der Waals surface area (Å²) in [4.78, 5) is 6.47. The summed E-state index contributed by atoms with van der Waals surface area (Å²) < 4.78 is 0. The van der Waals surface area contributed by atoms with Crippen molar-refractivity contribution in [3.8, 4) is 5.75 Å². The van der Waals surface area contributed by atoms with E-state index in [-0.39, 0.29) is 0 Å². The summed E-state index contributed by atoms with van der Waals surface area (Å²) in [6.45, 7) is 4.70. The van der Waals surface area contributed by atoms with Gasteiger partial charge in [0, 0.05) is 48.6 Å². The second kappa shape index (κ2) is 9.71. The Labute approximate surface area is 173 Å². The van der Waals surface area contributed by atoms with E-state index in [4.69, 9.17) is 0 Å². The van der Waals surface area contributed by atoms with E-state index in [1.807, 2.05) is 23.9 Å². The van der Waals surface area contributed by atoms with Gasteiger partial charge < -0.3 is 10.0 Å². The van der Waals surface area contributed by atoms with Crippen molar-refractivity contribution in [1.29, 1.82) is 0 Å². The highest BCUT2D eigenvalue weighted by molar-refractivity contribution is 7.99. The monoisotopic (exact) mass is 396 g/mol. The van der Waals surface area contributed by atoms with Gasteiger partial charge in [0.25, 0.3) is 0 Å². The van der Waals surface area contributed by atoms with Crippen LogP contribution in [-0.4, -0.2) is 48.0 Å². The molecule has 4 heteroatoms. The molecule has 2 aromatic rings. The highest BCUT2D eigenvalue weighted by Gasteiger charge is 2.25. The third kappa shape index (κ3) is 5.03. The van der Waals surface area contributed by atoms with Gasteiger partial charge in [-0.15, -0.1) is 11.8 Å². The maximum absolute atomic E-state index is 9.64. The first kappa shape index (κ1) is 19.7. The molecule has 1 aliphatic carbocycles. The number of hydrogen-bond acceptors (Lipinski definition) is 4. The highest BCUT2D eigenvalue weighted by atomic mass is 32.2. The van der Waals surface area contributed by atoms with Crippen LogP contribution in [0.25, 0.3) is 0 Å². The molecule has 1 aliphatic heterocycles. The SMILES string of the molecule is Oc1cccc(SCCc2ccccc2N2CCN(C3CCCCC3)CC2)c1. The molecule has 0 spiro atoms. The van der Waals surface area contributed by atoms with Gasteiger partial charge in [0.05, 0.1) is 0 Å². The first-order valence-electron chi connectivity index (χ1n) is 10.8. The number of thioether (sulfide) groups is 1. The number of rotatable bonds is 6. The molecule has 0 amide bonds. The molecule has 1 saturated carbocycles. The summed E-state index contributed by atoms with van der Waals surface area (Å²) in [5.74, 6) is 1.38. The van der Waals surface area contributed by atoms with Crippen molar-refractivity contribution in [3.05, 3.63) is 54.1 Å². The zero-order valence-electron chi connectivity index (χ0n) is 16.7. The van der Waals surface area contributed by atoms with Crippen LogP contribution >= 0.6 is 11.8 Å². The number of anilines is 1. The molecule has 0 unspecified atom stereocenters. The third-order valence-electron chi connectivity index (χ3n) is 6.20. The summed E-state index contributed by atoms with van der Waals surface area (Å²) in [5.41, 5.74) is 2.86.